The number of hydrogen-bond acceptors (Lipinski definition) is 4. The van der Waals surface area contributed by atoms with E-state index < -0.39 is 0 Å². The van der Waals surface area contributed by atoms with Crippen molar-refractivity contribution in [2.24, 2.45) is 0 Å². The summed E-state index contributed by atoms with van der Waals surface area (Å²) in [5.41, 5.74) is 0. The van der Waals surface area contributed by atoms with Crippen LogP contribution in [0.1, 0.15) is 11.0 Å². The summed E-state index contributed by atoms with van der Waals surface area (Å²) in [6.07, 6.45) is 1.81. The maximum absolute atomic E-state index is 5.02. The Balaban J connectivity index is 2.56. The Morgan fingerprint density at radius 3 is 3.09 bits per heavy atom. The van der Waals surface area contributed by atoms with Gasteiger partial charge >= 0.3 is 0 Å². The van der Waals surface area contributed by atoms with Crippen molar-refractivity contribution in [3.05, 3.63) is 16.6 Å². The summed E-state index contributed by atoms with van der Waals surface area (Å²) < 4.78 is 5.02. The molecule has 1 N–H and O–H groups in total. The molecular weight excluding hydrogens is 160 g/mol. The standard InChI is InChI=1S/C7H12N2OS/c1-8-6(5-10-2)7-9-3-4-11-7/h3-4,6,8H,5H2,1-2H3. The van der Waals surface area contributed by atoms with Crippen LogP contribution >= 0.6 is 11.3 Å². The van der Waals surface area contributed by atoms with Gasteiger partial charge < -0.3 is 10.1 Å². The lowest BCUT2D eigenvalue weighted by Crippen LogP contribution is -2.20. The Labute approximate surface area is 70.4 Å². The molecule has 4 heteroatoms. The van der Waals surface area contributed by atoms with Crippen LogP contribution in [-0.2, 0) is 4.74 Å². The second kappa shape index (κ2) is 4.43. The zero-order valence-electron chi connectivity index (χ0n) is 6.70. The lowest BCUT2D eigenvalue weighted by Gasteiger charge is -2.10. The van der Waals surface area contributed by atoms with E-state index in [0.29, 0.717) is 6.61 Å². The van der Waals surface area contributed by atoms with E-state index in [-0.39, 0.29) is 6.04 Å². The largest absolute Gasteiger partial charge is 0.383 e. The molecule has 1 atom stereocenters. The minimum atomic E-state index is 0.236. The second-order valence-electron chi connectivity index (χ2n) is 2.17. The van der Waals surface area contributed by atoms with Crippen LogP contribution < -0.4 is 5.32 Å². The molecule has 0 amide bonds. The molecule has 0 radical (unpaired) electrons. The summed E-state index contributed by atoms with van der Waals surface area (Å²) in [5, 5.41) is 6.17. The number of thiazole rings is 1. The van der Waals surface area contributed by atoms with E-state index in [0.717, 1.165) is 5.01 Å². The predicted octanol–water partition coefficient (Wildman–Crippen LogP) is 1.05. The Morgan fingerprint density at radius 2 is 2.64 bits per heavy atom. The van der Waals surface area contributed by atoms with E-state index in [1.165, 1.54) is 0 Å². The van der Waals surface area contributed by atoms with Crippen LogP contribution in [0.3, 0.4) is 0 Å². The number of ether oxygens (including phenoxy) is 1. The first kappa shape index (κ1) is 8.64. The highest BCUT2D eigenvalue weighted by molar-refractivity contribution is 7.09. The van der Waals surface area contributed by atoms with Gasteiger partial charge in [-0.1, -0.05) is 0 Å². The molecule has 0 bridgehead atoms. The van der Waals surface area contributed by atoms with Crippen molar-refractivity contribution in [2.45, 2.75) is 6.04 Å². The summed E-state index contributed by atoms with van der Waals surface area (Å²) in [6.45, 7) is 0.671. The minimum absolute atomic E-state index is 0.236. The number of nitrogens with one attached hydrogen (secondary N) is 1. The van der Waals surface area contributed by atoms with Gasteiger partial charge in [0.05, 0.1) is 12.6 Å². The van der Waals surface area contributed by atoms with E-state index in [9.17, 15) is 0 Å². The van der Waals surface area contributed by atoms with E-state index in [1.807, 2.05) is 12.4 Å². The molecule has 62 valence electrons. The minimum Gasteiger partial charge on any atom is -0.383 e. The van der Waals surface area contributed by atoms with Gasteiger partial charge in [0.15, 0.2) is 0 Å². The third-order valence-electron chi connectivity index (χ3n) is 1.43. The van der Waals surface area contributed by atoms with E-state index >= 15 is 0 Å². The van der Waals surface area contributed by atoms with Crippen LogP contribution in [0.4, 0.5) is 0 Å². The van der Waals surface area contributed by atoms with Gasteiger partial charge in [-0.2, -0.15) is 0 Å². The fraction of sp³-hybridized carbons (Fsp3) is 0.571. The molecule has 0 fully saturated rings. The van der Waals surface area contributed by atoms with Gasteiger partial charge in [-0.15, -0.1) is 11.3 Å². The van der Waals surface area contributed by atoms with Gasteiger partial charge in [0, 0.05) is 18.7 Å². The molecule has 0 aliphatic rings. The summed E-state index contributed by atoms with van der Waals surface area (Å²) in [4.78, 5) is 4.18. The van der Waals surface area contributed by atoms with Gasteiger partial charge in [0.1, 0.15) is 5.01 Å². The molecule has 0 aromatic carbocycles. The predicted molar refractivity (Wildman–Crippen MR) is 45.8 cm³/mol. The SMILES string of the molecule is CNC(COC)c1nccs1. The monoisotopic (exact) mass is 172 g/mol. The molecule has 0 saturated carbocycles. The van der Waals surface area contributed by atoms with Crippen molar-refractivity contribution in [3.63, 3.8) is 0 Å². The van der Waals surface area contributed by atoms with E-state index in [4.69, 9.17) is 4.74 Å². The summed E-state index contributed by atoms with van der Waals surface area (Å²) in [5.74, 6) is 0. The van der Waals surface area contributed by atoms with Crippen LogP contribution in [0.2, 0.25) is 0 Å². The molecule has 3 nitrogen and oxygen atoms in total. The molecule has 0 aliphatic carbocycles. The Bertz CT molecular complexity index is 188. The molecule has 1 aromatic rings. The highest BCUT2D eigenvalue weighted by Gasteiger charge is 2.09. The summed E-state index contributed by atoms with van der Waals surface area (Å²) in [7, 11) is 3.60. The number of methoxy groups -OCH3 is 1. The molecule has 11 heavy (non-hydrogen) atoms. The first-order chi connectivity index (χ1) is 5.38. The molecule has 1 rings (SSSR count). The van der Waals surface area contributed by atoms with E-state index in [1.54, 1.807) is 24.6 Å². The molecular formula is C7H12N2OS. The van der Waals surface area contributed by atoms with Crippen molar-refractivity contribution in [2.75, 3.05) is 20.8 Å². The Hall–Kier alpha value is -0.450. The zero-order valence-corrected chi connectivity index (χ0v) is 7.52. The normalized spacial score (nSPS) is 13.3. The highest BCUT2D eigenvalue weighted by atomic mass is 32.1. The number of hydrogen-bond donors (Lipinski definition) is 1. The molecule has 0 spiro atoms. The number of aromatic nitrogens is 1. The molecule has 1 heterocycles. The zero-order chi connectivity index (χ0) is 8.10. The molecule has 1 unspecified atom stereocenters. The van der Waals surface area contributed by atoms with Crippen LogP contribution in [0.5, 0.6) is 0 Å². The van der Waals surface area contributed by atoms with Crippen LogP contribution in [0.25, 0.3) is 0 Å². The van der Waals surface area contributed by atoms with Crippen LogP contribution in [-0.4, -0.2) is 25.7 Å². The first-order valence-corrected chi connectivity index (χ1v) is 4.32. The van der Waals surface area contributed by atoms with Crippen molar-refractivity contribution < 1.29 is 4.74 Å². The molecule has 0 saturated heterocycles. The van der Waals surface area contributed by atoms with E-state index in [2.05, 4.69) is 10.3 Å². The lowest BCUT2D eigenvalue weighted by molar-refractivity contribution is 0.170. The van der Waals surface area contributed by atoms with Gasteiger partial charge in [0.2, 0.25) is 0 Å². The highest BCUT2D eigenvalue weighted by Crippen LogP contribution is 2.14. The van der Waals surface area contributed by atoms with Crippen LogP contribution in [0, 0.1) is 0 Å². The Morgan fingerprint density at radius 1 is 1.82 bits per heavy atom. The smallest absolute Gasteiger partial charge is 0.112 e. The summed E-state index contributed by atoms with van der Waals surface area (Å²) >= 11 is 1.64. The van der Waals surface area contributed by atoms with Gasteiger partial charge in [-0.3, -0.25) is 0 Å². The summed E-state index contributed by atoms with van der Waals surface area (Å²) in [6, 6.07) is 0.236. The maximum atomic E-state index is 5.02. The lowest BCUT2D eigenvalue weighted by atomic mass is 10.3. The second-order valence-corrected chi connectivity index (χ2v) is 3.09. The maximum Gasteiger partial charge on any atom is 0.112 e. The average Bonchev–Trinajstić information content (AvgIpc) is 2.52. The van der Waals surface area contributed by atoms with Crippen molar-refractivity contribution in [3.8, 4) is 0 Å². The first-order valence-electron chi connectivity index (χ1n) is 3.44. The number of rotatable bonds is 4. The number of nitrogens with zero attached hydrogens (tertiary/aromatic N) is 1. The molecule has 1 aromatic heterocycles. The quantitative estimate of drug-likeness (QED) is 0.737. The van der Waals surface area contributed by atoms with Gasteiger partial charge in [0.25, 0.3) is 0 Å². The molecule has 0 aliphatic heterocycles. The van der Waals surface area contributed by atoms with Crippen molar-refractivity contribution in [1.29, 1.82) is 0 Å². The van der Waals surface area contributed by atoms with Crippen LogP contribution in [0.15, 0.2) is 11.6 Å². The fourth-order valence-corrected chi connectivity index (χ4v) is 1.58. The topological polar surface area (TPSA) is 34.1 Å². The number of likely N-dealkylation sites (N-methyl/N-ethyl adjacent to an activating group) is 1. The van der Waals surface area contributed by atoms with Gasteiger partial charge in [-0.25, -0.2) is 4.98 Å². The fourth-order valence-electron chi connectivity index (χ4n) is 0.851. The average molecular weight is 172 g/mol. The van der Waals surface area contributed by atoms with Crippen molar-refractivity contribution in [1.82, 2.24) is 10.3 Å². The van der Waals surface area contributed by atoms with Crippen molar-refractivity contribution >= 4 is 11.3 Å². The third-order valence-corrected chi connectivity index (χ3v) is 2.32. The van der Waals surface area contributed by atoms with Gasteiger partial charge in [-0.05, 0) is 7.05 Å². The Kier molecular flexibility index (Phi) is 3.48. The third kappa shape index (κ3) is 2.25.